The molecule has 3 rings (SSSR count). The Balaban J connectivity index is 1.69. The topological polar surface area (TPSA) is 131 Å². The summed E-state index contributed by atoms with van der Waals surface area (Å²) in [5, 5.41) is 19.7. The quantitative estimate of drug-likeness (QED) is 0.788. The molecule has 1 N–H and O–H groups in total. The molecule has 10 heteroatoms. The van der Waals surface area contributed by atoms with Gasteiger partial charge in [-0.15, -0.1) is 10.2 Å². The molecule has 0 bridgehead atoms. The highest BCUT2D eigenvalue weighted by Gasteiger charge is 2.36. The van der Waals surface area contributed by atoms with E-state index < -0.39 is 17.6 Å². The Labute approximate surface area is 180 Å². The number of likely N-dealkylation sites (tertiary alicyclic amines) is 1. The van der Waals surface area contributed by atoms with Gasteiger partial charge in [0.1, 0.15) is 11.4 Å². The summed E-state index contributed by atoms with van der Waals surface area (Å²) >= 11 is 0. The molecule has 31 heavy (non-hydrogen) atoms. The SMILES string of the molecule is COc1ccc(C#N)cc1-c1nnc(C(=O)N[C@@H]2C[C@@H](C)N(C(=O)OC(C)(C)C)C2)o1. The number of aromatic nitrogens is 2. The van der Waals surface area contributed by atoms with E-state index in [9.17, 15) is 9.59 Å². The normalized spacial score (nSPS) is 18.4. The summed E-state index contributed by atoms with van der Waals surface area (Å²) in [6.07, 6.45) is 0.158. The van der Waals surface area contributed by atoms with Crippen molar-refractivity contribution >= 4 is 12.0 Å². The summed E-state index contributed by atoms with van der Waals surface area (Å²) in [5.41, 5.74) is 0.211. The Hall–Kier alpha value is -3.61. The van der Waals surface area contributed by atoms with E-state index in [0.29, 0.717) is 29.8 Å². The Morgan fingerprint density at radius 2 is 2.06 bits per heavy atom. The molecule has 0 spiro atoms. The van der Waals surface area contributed by atoms with Crippen LogP contribution in [0.2, 0.25) is 0 Å². The molecule has 1 aliphatic rings. The van der Waals surface area contributed by atoms with Gasteiger partial charge < -0.3 is 24.1 Å². The van der Waals surface area contributed by atoms with Crippen molar-refractivity contribution in [1.29, 1.82) is 5.26 Å². The average molecular weight is 427 g/mol. The predicted octanol–water partition coefficient (Wildman–Crippen LogP) is 2.74. The van der Waals surface area contributed by atoms with Gasteiger partial charge in [-0.25, -0.2) is 4.79 Å². The molecule has 2 heterocycles. The molecule has 2 amide bonds. The van der Waals surface area contributed by atoms with Crippen molar-refractivity contribution in [3.8, 4) is 23.3 Å². The van der Waals surface area contributed by atoms with E-state index in [1.165, 1.54) is 7.11 Å². The predicted molar refractivity (Wildman–Crippen MR) is 109 cm³/mol. The van der Waals surface area contributed by atoms with Crippen molar-refractivity contribution in [1.82, 2.24) is 20.4 Å². The van der Waals surface area contributed by atoms with Crippen LogP contribution in [-0.2, 0) is 4.74 Å². The highest BCUT2D eigenvalue weighted by molar-refractivity contribution is 5.90. The monoisotopic (exact) mass is 427 g/mol. The first kappa shape index (κ1) is 22.1. The highest BCUT2D eigenvalue weighted by Crippen LogP contribution is 2.30. The first-order chi connectivity index (χ1) is 14.6. The Kier molecular flexibility index (Phi) is 6.15. The van der Waals surface area contributed by atoms with Crippen molar-refractivity contribution in [2.24, 2.45) is 0 Å². The standard InChI is InChI=1S/C21H25N5O5/c1-12-8-14(11-26(12)20(28)31-21(2,3)4)23-17(27)19-25-24-18(30-19)15-9-13(10-22)6-7-16(15)29-5/h6-7,9,12,14H,8,11H2,1-5H3,(H,23,27)/t12-,14-/m1/s1. The summed E-state index contributed by atoms with van der Waals surface area (Å²) in [6.45, 7) is 7.63. The minimum Gasteiger partial charge on any atom is -0.496 e. The Morgan fingerprint density at radius 3 is 2.71 bits per heavy atom. The number of hydrogen-bond acceptors (Lipinski definition) is 8. The smallest absolute Gasteiger partial charge is 0.410 e. The third kappa shape index (κ3) is 5.12. The van der Waals surface area contributed by atoms with Crippen LogP contribution in [0.3, 0.4) is 0 Å². The zero-order valence-electron chi connectivity index (χ0n) is 18.1. The molecule has 1 aliphatic heterocycles. The lowest BCUT2D eigenvalue weighted by Crippen LogP contribution is -2.41. The van der Waals surface area contributed by atoms with E-state index in [2.05, 4.69) is 15.5 Å². The minimum atomic E-state index is -0.595. The van der Waals surface area contributed by atoms with Gasteiger partial charge in [0.05, 0.1) is 24.3 Å². The third-order valence-corrected chi connectivity index (χ3v) is 4.72. The van der Waals surface area contributed by atoms with Crippen molar-refractivity contribution < 1.29 is 23.5 Å². The number of benzene rings is 1. The van der Waals surface area contributed by atoms with Gasteiger partial charge in [0, 0.05) is 18.6 Å². The summed E-state index contributed by atoms with van der Waals surface area (Å²) in [4.78, 5) is 26.6. The second kappa shape index (κ2) is 8.63. The number of carbonyl (C=O) groups excluding carboxylic acids is 2. The van der Waals surface area contributed by atoms with Crippen LogP contribution in [0.4, 0.5) is 4.79 Å². The summed E-state index contributed by atoms with van der Waals surface area (Å²) in [5.74, 6) is -0.262. The van der Waals surface area contributed by atoms with Gasteiger partial charge in [0.2, 0.25) is 0 Å². The van der Waals surface area contributed by atoms with Gasteiger partial charge in [-0.3, -0.25) is 4.79 Å². The van der Waals surface area contributed by atoms with Gasteiger partial charge in [0.25, 0.3) is 5.89 Å². The van der Waals surface area contributed by atoms with Crippen molar-refractivity contribution in [3.63, 3.8) is 0 Å². The van der Waals surface area contributed by atoms with Gasteiger partial charge in [0.15, 0.2) is 0 Å². The zero-order valence-corrected chi connectivity index (χ0v) is 18.1. The van der Waals surface area contributed by atoms with Gasteiger partial charge in [-0.2, -0.15) is 5.26 Å². The van der Waals surface area contributed by atoms with E-state index in [0.717, 1.165) is 0 Å². The highest BCUT2D eigenvalue weighted by atomic mass is 16.6. The fourth-order valence-corrected chi connectivity index (χ4v) is 3.33. The molecule has 164 valence electrons. The number of methoxy groups -OCH3 is 1. The van der Waals surface area contributed by atoms with Crippen LogP contribution < -0.4 is 10.1 Å². The molecular formula is C21H25N5O5. The number of carbonyl (C=O) groups is 2. The fraction of sp³-hybridized carbons (Fsp3) is 0.476. The van der Waals surface area contributed by atoms with E-state index in [-0.39, 0.29) is 23.9 Å². The molecule has 2 atom stereocenters. The maximum atomic E-state index is 12.6. The summed E-state index contributed by atoms with van der Waals surface area (Å²) in [7, 11) is 1.48. The lowest BCUT2D eigenvalue weighted by molar-refractivity contribution is 0.0235. The minimum absolute atomic E-state index is 0.0641. The van der Waals surface area contributed by atoms with E-state index >= 15 is 0 Å². The molecule has 1 aromatic heterocycles. The lowest BCUT2D eigenvalue weighted by atomic mass is 10.1. The van der Waals surface area contributed by atoms with Crippen molar-refractivity contribution in [2.75, 3.05) is 13.7 Å². The van der Waals surface area contributed by atoms with E-state index in [1.807, 2.05) is 13.0 Å². The summed E-state index contributed by atoms with van der Waals surface area (Å²) in [6, 6.07) is 6.43. The zero-order chi connectivity index (χ0) is 22.8. The molecule has 1 saturated heterocycles. The molecule has 10 nitrogen and oxygen atoms in total. The maximum Gasteiger partial charge on any atom is 0.410 e. The number of nitriles is 1. The average Bonchev–Trinajstić information content (AvgIpc) is 3.33. The Morgan fingerprint density at radius 1 is 1.32 bits per heavy atom. The van der Waals surface area contributed by atoms with E-state index in [4.69, 9.17) is 19.2 Å². The van der Waals surface area contributed by atoms with Crippen LogP contribution in [-0.4, -0.2) is 58.4 Å². The lowest BCUT2D eigenvalue weighted by Gasteiger charge is -2.26. The molecular weight excluding hydrogens is 402 g/mol. The number of ether oxygens (including phenoxy) is 2. The molecule has 2 aromatic rings. The van der Waals surface area contributed by atoms with Crippen LogP contribution >= 0.6 is 0 Å². The van der Waals surface area contributed by atoms with E-state index in [1.54, 1.807) is 43.9 Å². The molecule has 1 fully saturated rings. The molecule has 0 unspecified atom stereocenters. The van der Waals surface area contributed by atoms with Gasteiger partial charge in [-0.05, 0) is 52.3 Å². The Bertz CT molecular complexity index is 1020. The second-order valence-electron chi connectivity index (χ2n) is 8.33. The third-order valence-electron chi connectivity index (χ3n) is 4.72. The van der Waals surface area contributed by atoms with Crippen molar-refractivity contribution in [2.45, 2.75) is 51.8 Å². The number of nitrogens with zero attached hydrogens (tertiary/aromatic N) is 4. The van der Waals surface area contributed by atoms with Crippen molar-refractivity contribution in [3.05, 3.63) is 29.7 Å². The maximum absolute atomic E-state index is 12.6. The van der Waals surface area contributed by atoms with Crippen LogP contribution in [0.5, 0.6) is 5.75 Å². The fourth-order valence-electron chi connectivity index (χ4n) is 3.33. The van der Waals surface area contributed by atoms with Crippen LogP contribution in [0.1, 0.15) is 50.4 Å². The van der Waals surface area contributed by atoms with Crippen LogP contribution in [0.15, 0.2) is 22.6 Å². The summed E-state index contributed by atoms with van der Waals surface area (Å²) < 4.78 is 16.2. The van der Waals surface area contributed by atoms with Gasteiger partial charge >= 0.3 is 17.9 Å². The van der Waals surface area contributed by atoms with Gasteiger partial charge in [-0.1, -0.05) is 0 Å². The number of rotatable bonds is 4. The molecule has 0 radical (unpaired) electrons. The first-order valence-corrected chi connectivity index (χ1v) is 9.83. The molecule has 0 saturated carbocycles. The first-order valence-electron chi connectivity index (χ1n) is 9.83. The largest absolute Gasteiger partial charge is 0.496 e. The number of hydrogen-bond donors (Lipinski definition) is 1. The molecule has 0 aliphatic carbocycles. The van der Waals surface area contributed by atoms with Crippen LogP contribution in [0, 0.1) is 11.3 Å². The number of nitrogens with one attached hydrogen (secondary N) is 1. The molecule has 1 aromatic carbocycles. The van der Waals surface area contributed by atoms with Crippen LogP contribution in [0.25, 0.3) is 11.5 Å². The second-order valence-corrected chi connectivity index (χ2v) is 8.33. The number of amides is 2.